The van der Waals surface area contributed by atoms with Crippen LogP contribution in [0.3, 0.4) is 0 Å². The standard InChI is InChI=1S/C26H36N6O/c1-3-31-12-14-32(15-13-31)19-21-10-8-20(9-11-21)17-28-26(27-2)29-18-22-16-25(33)30-24-7-5-4-6-23(22)24/h4-11,22H,3,12-19H2,1-2H3,(H,30,33)(H2,27,28,29). The molecule has 0 aromatic heterocycles. The van der Waals surface area contributed by atoms with Gasteiger partial charge in [0.05, 0.1) is 0 Å². The summed E-state index contributed by atoms with van der Waals surface area (Å²) in [5.41, 5.74) is 4.67. The van der Waals surface area contributed by atoms with Crippen molar-refractivity contribution in [2.75, 3.05) is 51.6 Å². The van der Waals surface area contributed by atoms with E-state index in [0.29, 0.717) is 19.5 Å². The molecule has 2 aromatic carbocycles. The molecule has 1 amide bonds. The van der Waals surface area contributed by atoms with Gasteiger partial charge in [0.2, 0.25) is 5.91 Å². The van der Waals surface area contributed by atoms with Crippen molar-refractivity contribution in [3.8, 4) is 0 Å². The van der Waals surface area contributed by atoms with Crippen molar-refractivity contribution in [3.63, 3.8) is 0 Å². The van der Waals surface area contributed by atoms with Gasteiger partial charge in [0.25, 0.3) is 0 Å². The van der Waals surface area contributed by atoms with E-state index in [0.717, 1.165) is 37.8 Å². The van der Waals surface area contributed by atoms with Crippen LogP contribution in [-0.2, 0) is 17.9 Å². The van der Waals surface area contributed by atoms with E-state index >= 15 is 0 Å². The summed E-state index contributed by atoms with van der Waals surface area (Å²) in [4.78, 5) is 21.5. The number of para-hydroxylation sites is 1. The highest BCUT2D eigenvalue weighted by Gasteiger charge is 2.24. The van der Waals surface area contributed by atoms with Gasteiger partial charge in [-0.1, -0.05) is 49.4 Å². The van der Waals surface area contributed by atoms with Crippen LogP contribution in [0.1, 0.15) is 36.0 Å². The molecule has 0 spiro atoms. The van der Waals surface area contributed by atoms with Crippen molar-refractivity contribution in [2.45, 2.75) is 32.4 Å². The van der Waals surface area contributed by atoms with E-state index in [2.05, 4.69) is 68.0 Å². The summed E-state index contributed by atoms with van der Waals surface area (Å²) < 4.78 is 0. The minimum atomic E-state index is 0.0655. The molecule has 7 heteroatoms. The van der Waals surface area contributed by atoms with Gasteiger partial charge in [0, 0.05) is 70.9 Å². The minimum Gasteiger partial charge on any atom is -0.356 e. The SMILES string of the molecule is CCN1CCN(Cc2ccc(CNC(=NC)NCC3CC(=O)Nc4ccccc43)cc2)CC1. The molecule has 1 atom stereocenters. The fraction of sp³-hybridized carbons (Fsp3) is 0.462. The van der Waals surface area contributed by atoms with E-state index in [4.69, 9.17) is 0 Å². The Bertz CT molecular complexity index is 950. The van der Waals surface area contributed by atoms with E-state index in [9.17, 15) is 4.79 Å². The zero-order valence-electron chi connectivity index (χ0n) is 19.8. The van der Waals surface area contributed by atoms with E-state index in [1.165, 1.54) is 29.8 Å². The number of fused-ring (bicyclic) bond motifs is 1. The molecule has 0 saturated carbocycles. The number of guanidine groups is 1. The van der Waals surface area contributed by atoms with Crippen LogP contribution in [0.4, 0.5) is 5.69 Å². The second-order valence-electron chi connectivity index (χ2n) is 8.87. The zero-order chi connectivity index (χ0) is 23.0. The number of amides is 1. The molecule has 176 valence electrons. The number of nitrogens with zero attached hydrogens (tertiary/aromatic N) is 3. The Hall–Kier alpha value is -2.90. The number of nitrogens with one attached hydrogen (secondary N) is 3. The van der Waals surface area contributed by atoms with E-state index in [-0.39, 0.29) is 11.8 Å². The number of hydrogen-bond donors (Lipinski definition) is 3. The molecule has 2 aliphatic rings. The third kappa shape index (κ3) is 6.33. The minimum absolute atomic E-state index is 0.0655. The summed E-state index contributed by atoms with van der Waals surface area (Å²) in [5, 5.41) is 9.74. The van der Waals surface area contributed by atoms with Crippen LogP contribution in [0.5, 0.6) is 0 Å². The van der Waals surface area contributed by atoms with Crippen LogP contribution in [0.25, 0.3) is 0 Å². The molecule has 0 bridgehead atoms. The fourth-order valence-electron chi connectivity index (χ4n) is 4.59. The maximum Gasteiger partial charge on any atom is 0.225 e. The van der Waals surface area contributed by atoms with Gasteiger partial charge in [-0.3, -0.25) is 14.7 Å². The van der Waals surface area contributed by atoms with Crippen molar-refractivity contribution < 1.29 is 4.79 Å². The average molecular weight is 449 g/mol. The van der Waals surface area contributed by atoms with Crippen LogP contribution < -0.4 is 16.0 Å². The maximum absolute atomic E-state index is 12.1. The molecule has 1 saturated heterocycles. The Balaban J connectivity index is 1.24. The topological polar surface area (TPSA) is 72.0 Å². The molecule has 1 unspecified atom stereocenters. The van der Waals surface area contributed by atoms with Crippen LogP contribution >= 0.6 is 0 Å². The van der Waals surface area contributed by atoms with Gasteiger partial charge < -0.3 is 20.9 Å². The quantitative estimate of drug-likeness (QED) is 0.449. The van der Waals surface area contributed by atoms with Gasteiger partial charge in [-0.25, -0.2) is 0 Å². The first-order valence-corrected chi connectivity index (χ1v) is 12.0. The van der Waals surface area contributed by atoms with Gasteiger partial charge in [0.15, 0.2) is 5.96 Å². The Morgan fingerprint density at radius 1 is 1.00 bits per heavy atom. The summed E-state index contributed by atoms with van der Waals surface area (Å²) in [5.74, 6) is 0.944. The molecule has 3 N–H and O–H groups in total. The predicted molar refractivity (Wildman–Crippen MR) is 134 cm³/mol. The van der Waals surface area contributed by atoms with Crippen molar-refractivity contribution in [2.24, 2.45) is 4.99 Å². The highest BCUT2D eigenvalue weighted by atomic mass is 16.1. The molecule has 33 heavy (non-hydrogen) atoms. The van der Waals surface area contributed by atoms with Crippen molar-refractivity contribution in [1.29, 1.82) is 0 Å². The Kier molecular flexibility index (Phi) is 7.96. The third-order valence-corrected chi connectivity index (χ3v) is 6.65. The monoisotopic (exact) mass is 448 g/mol. The van der Waals surface area contributed by atoms with Crippen LogP contribution in [0.2, 0.25) is 0 Å². The summed E-state index contributed by atoms with van der Waals surface area (Å²) in [7, 11) is 1.78. The summed E-state index contributed by atoms with van der Waals surface area (Å²) in [6.07, 6.45) is 0.482. The maximum atomic E-state index is 12.1. The predicted octanol–water partition coefficient (Wildman–Crippen LogP) is 2.62. The number of piperazine rings is 1. The van der Waals surface area contributed by atoms with Crippen LogP contribution in [0.15, 0.2) is 53.5 Å². The highest BCUT2D eigenvalue weighted by Crippen LogP contribution is 2.31. The lowest BCUT2D eigenvalue weighted by atomic mass is 9.90. The molecule has 2 aliphatic heterocycles. The first kappa shape index (κ1) is 23.3. The molecule has 7 nitrogen and oxygen atoms in total. The number of aliphatic imine (C=N–C) groups is 1. The van der Waals surface area contributed by atoms with Gasteiger partial charge in [-0.05, 0) is 29.3 Å². The second-order valence-corrected chi connectivity index (χ2v) is 8.87. The molecule has 1 fully saturated rings. The summed E-state index contributed by atoms with van der Waals surface area (Å²) >= 11 is 0. The summed E-state index contributed by atoms with van der Waals surface area (Å²) in [6, 6.07) is 16.9. The number of likely N-dealkylation sites (N-methyl/N-ethyl adjacent to an activating group) is 1. The lowest BCUT2D eigenvalue weighted by Gasteiger charge is -2.34. The molecule has 4 rings (SSSR count). The van der Waals surface area contributed by atoms with E-state index in [1.54, 1.807) is 7.05 Å². The molecule has 2 heterocycles. The summed E-state index contributed by atoms with van der Waals surface area (Å²) in [6.45, 7) is 10.4. The van der Waals surface area contributed by atoms with Gasteiger partial charge in [-0.2, -0.15) is 0 Å². The van der Waals surface area contributed by atoms with Crippen molar-refractivity contribution >= 4 is 17.6 Å². The normalized spacial score (nSPS) is 19.6. The van der Waals surface area contributed by atoms with Crippen molar-refractivity contribution in [1.82, 2.24) is 20.4 Å². The number of rotatable bonds is 7. The number of carbonyl (C=O) groups is 1. The number of anilines is 1. The average Bonchev–Trinajstić information content (AvgIpc) is 2.85. The molecular weight excluding hydrogens is 412 g/mol. The molecular formula is C26H36N6O. The van der Waals surface area contributed by atoms with Gasteiger partial charge in [0.1, 0.15) is 0 Å². The Morgan fingerprint density at radius 3 is 2.42 bits per heavy atom. The largest absolute Gasteiger partial charge is 0.356 e. The lowest BCUT2D eigenvalue weighted by Crippen LogP contribution is -2.45. The van der Waals surface area contributed by atoms with Gasteiger partial charge in [-0.15, -0.1) is 0 Å². The number of hydrogen-bond acceptors (Lipinski definition) is 4. The molecule has 2 aromatic rings. The first-order chi connectivity index (χ1) is 16.1. The number of carbonyl (C=O) groups excluding carboxylic acids is 1. The first-order valence-electron chi connectivity index (χ1n) is 12.0. The lowest BCUT2D eigenvalue weighted by molar-refractivity contribution is -0.116. The zero-order valence-corrected chi connectivity index (χ0v) is 19.8. The Labute approximate surface area is 197 Å². The smallest absolute Gasteiger partial charge is 0.225 e. The number of benzene rings is 2. The fourth-order valence-corrected chi connectivity index (χ4v) is 4.59. The van der Waals surface area contributed by atoms with Gasteiger partial charge >= 0.3 is 0 Å². The van der Waals surface area contributed by atoms with Crippen LogP contribution in [0, 0.1) is 0 Å². The van der Waals surface area contributed by atoms with E-state index < -0.39 is 0 Å². The van der Waals surface area contributed by atoms with E-state index in [1.807, 2.05) is 18.2 Å². The molecule has 0 aliphatic carbocycles. The van der Waals surface area contributed by atoms with Crippen LogP contribution in [-0.4, -0.2) is 68.0 Å². The second kappa shape index (κ2) is 11.3. The third-order valence-electron chi connectivity index (χ3n) is 6.65. The molecule has 0 radical (unpaired) electrons. The highest BCUT2D eigenvalue weighted by molar-refractivity contribution is 5.94. The Morgan fingerprint density at radius 2 is 1.70 bits per heavy atom. The van der Waals surface area contributed by atoms with Crippen molar-refractivity contribution in [3.05, 3.63) is 65.2 Å².